The third-order valence-corrected chi connectivity index (χ3v) is 6.26. The van der Waals surface area contributed by atoms with Gasteiger partial charge in [-0.3, -0.25) is 4.79 Å². The van der Waals surface area contributed by atoms with Gasteiger partial charge in [-0.25, -0.2) is 0 Å². The Morgan fingerprint density at radius 2 is 1.64 bits per heavy atom. The fourth-order valence-electron chi connectivity index (χ4n) is 4.47. The molecule has 0 spiro atoms. The largest absolute Gasteiger partial charge is 0.486 e. The van der Waals surface area contributed by atoms with Crippen molar-refractivity contribution in [1.82, 2.24) is 4.90 Å². The van der Waals surface area contributed by atoms with E-state index >= 15 is 0 Å². The smallest absolute Gasteiger partial charge is 0.176 e. The minimum absolute atomic E-state index is 0.0187. The molecule has 0 aliphatic carbocycles. The number of nitrogens with zero attached hydrogens (tertiary/aromatic N) is 3. The third-order valence-electron chi connectivity index (χ3n) is 6.26. The van der Waals surface area contributed by atoms with Gasteiger partial charge in [0.05, 0.1) is 23.1 Å². The number of para-hydroxylation sites is 1. The molecule has 1 aromatic rings. The standard InChI is InChI=1S/C23H31N3O2/c1-4-26(5-2)18-10-13-22(3)23(14-8-16-24,15-9-17-25)21(27)19-11-6-7-12-20(19)28-22/h6-7,11-12H,4-5,8-10,13-15,18H2,1-3H3. The lowest BCUT2D eigenvalue weighted by atomic mass is 9.60. The summed E-state index contributed by atoms with van der Waals surface area (Å²) in [4.78, 5) is 16.0. The summed E-state index contributed by atoms with van der Waals surface area (Å²) in [7, 11) is 0. The van der Waals surface area contributed by atoms with Gasteiger partial charge in [0.15, 0.2) is 5.78 Å². The Morgan fingerprint density at radius 3 is 2.21 bits per heavy atom. The van der Waals surface area contributed by atoms with Crippen molar-refractivity contribution in [1.29, 1.82) is 10.5 Å². The Kier molecular flexibility index (Phi) is 7.61. The molecule has 0 radical (unpaired) electrons. The van der Waals surface area contributed by atoms with E-state index in [4.69, 9.17) is 4.74 Å². The van der Waals surface area contributed by atoms with E-state index in [2.05, 4.69) is 30.9 Å². The van der Waals surface area contributed by atoms with Gasteiger partial charge in [-0.15, -0.1) is 0 Å². The number of rotatable bonds is 10. The number of ketones is 1. The van der Waals surface area contributed by atoms with E-state index < -0.39 is 11.0 Å². The lowest BCUT2D eigenvalue weighted by molar-refractivity contribution is -0.0567. The summed E-state index contributed by atoms with van der Waals surface area (Å²) >= 11 is 0. The first-order chi connectivity index (χ1) is 13.5. The molecule has 0 fully saturated rings. The number of fused-ring (bicyclic) bond motifs is 1. The molecule has 1 aliphatic rings. The van der Waals surface area contributed by atoms with Gasteiger partial charge >= 0.3 is 0 Å². The maximum absolute atomic E-state index is 13.7. The molecule has 0 saturated carbocycles. The van der Waals surface area contributed by atoms with E-state index in [1.165, 1.54) is 0 Å². The molecule has 0 bridgehead atoms. The minimum atomic E-state index is -0.851. The van der Waals surface area contributed by atoms with Crippen molar-refractivity contribution in [2.45, 2.75) is 64.9 Å². The first-order valence-electron chi connectivity index (χ1n) is 10.3. The first-order valence-corrected chi connectivity index (χ1v) is 10.3. The highest BCUT2D eigenvalue weighted by Crippen LogP contribution is 2.52. The first kappa shape index (κ1) is 21.9. The topological polar surface area (TPSA) is 77.1 Å². The molecule has 2 rings (SSSR count). The number of ether oxygens (including phenoxy) is 1. The van der Waals surface area contributed by atoms with E-state index in [1.54, 1.807) is 6.07 Å². The van der Waals surface area contributed by atoms with Crippen LogP contribution in [0.3, 0.4) is 0 Å². The minimum Gasteiger partial charge on any atom is -0.486 e. The van der Waals surface area contributed by atoms with Crippen LogP contribution < -0.4 is 4.74 Å². The number of carbonyl (C=O) groups is 1. The number of nitriles is 2. The van der Waals surface area contributed by atoms with Crippen molar-refractivity contribution in [2.75, 3.05) is 19.6 Å². The molecule has 0 saturated heterocycles. The van der Waals surface area contributed by atoms with Gasteiger partial charge in [0.2, 0.25) is 0 Å². The van der Waals surface area contributed by atoms with Crippen molar-refractivity contribution in [2.24, 2.45) is 5.41 Å². The monoisotopic (exact) mass is 381 g/mol. The maximum Gasteiger partial charge on any atom is 0.176 e. The van der Waals surface area contributed by atoms with E-state index in [9.17, 15) is 15.3 Å². The molecule has 1 unspecified atom stereocenters. The SMILES string of the molecule is CCN(CC)CCCC1(C)Oc2ccccc2C(=O)C1(CCC#N)CCC#N. The van der Waals surface area contributed by atoms with Crippen LogP contribution in [0.25, 0.3) is 0 Å². The lowest BCUT2D eigenvalue weighted by Crippen LogP contribution is -2.58. The molecular formula is C23H31N3O2. The van der Waals surface area contributed by atoms with Crippen LogP contribution in [-0.2, 0) is 0 Å². The Labute approximate surface area is 168 Å². The Morgan fingerprint density at radius 1 is 1.04 bits per heavy atom. The van der Waals surface area contributed by atoms with Gasteiger partial charge in [-0.2, -0.15) is 10.5 Å². The molecule has 5 nitrogen and oxygen atoms in total. The summed E-state index contributed by atoms with van der Waals surface area (Å²) in [5, 5.41) is 18.5. The number of Topliss-reactive ketones (excluding diaryl/α,β-unsaturated/α-hetero) is 1. The second-order valence-corrected chi connectivity index (χ2v) is 7.69. The summed E-state index contributed by atoms with van der Waals surface area (Å²) in [6.07, 6.45) is 2.98. The maximum atomic E-state index is 13.7. The summed E-state index contributed by atoms with van der Waals surface area (Å²) in [5.74, 6) is 0.632. The third kappa shape index (κ3) is 4.21. The quantitative estimate of drug-likeness (QED) is 0.585. The van der Waals surface area contributed by atoms with Crippen LogP contribution in [-0.4, -0.2) is 35.9 Å². The van der Waals surface area contributed by atoms with Crippen LogP contribution in [0.15, 0.2) is 24.3 Å². The van der Waals surface area contributed by atoms with Crippen LogP contribution in [0.1, 0.15) is 69.7 Å². The molecule has 0 N–H and O–H groups in total. The molecule has 28 heavy (non-hydrogen) atoms. The molecule has 150 valence electrons. The zero-order valence-electron chi connectivity index (χ0n) is 17.3. The van der Waals surface area contributed by atoms with Gasteiger partial charge in [0, 0.05) is 12.8 Å². The summed E-state index contributed by atoms with van der Waals surface area (Å²) in [6.45, 7) is 9.21. The highest BCUT2D eigenvalue weighted by atomic mass is 16.5. The average Bonchev–Trinajstić information content (AvgIpc) is 2.71. The number of carbonyl (C=O) groups excluding carboxylic acids is 1. The average molecular weight is 382 g/mol. The van der Waals surface area contributed by atoms with Crippen molar-refractivity contribution >= 4 is 5.78 Å². The van der Waals surface area contributed by atoms with Crippen LogP contribution in [0.5, 0.6) is 5.75 Å². The van der Waals surface area contributed by atoms with Gasteiger partial charge < -0.3 is 9.64 Å². The second-order valence-electron chi connectivity index (χ2n) is 7.69. The highest BCUT2D eigenvalue weighted by Gasteiger charge is 2.57. The van der Waals surface area contributed by atoms with Gasteiger partial charge in [0.1, 0.15) is 11.4 Å². The fraction of sp³-hybridized carbons (Fsp3) is 0.609. The van der Waals surface area contributed by atoms with Crippen molar-refractivity contribution in [3.63, 3.8) is 0 Å². The van der Waals surface area contributed by atoms with E-state index in [-0.39, 0.29) is 18.6 Å². The van der Waals surface area contributed by atoms with E-state index in [0.29, 0.717) is 30.6 Å². The van der Waals surface area contributed by atoms with Crippen molar-refractivity contribution < 1.29 is 9.53 Å². The van der Waals surface area contributed by atoms with Crippen LogP contribution in [0, 0.1) is 28.1 Å². The molecule has 5 heteroatoms. The molecule has 1 heterocycles. The Balaban J connectivity index is 2.42. The van der Waals surface area contributed by atoms with Gasteiger partial charge in [0.25, 0.3) is 0 Å². The van der Waals surface area contributed by atoms with E-state index in [1.807, 2.05) is 25.1 Å². The zero-order chi connectivity index (χ0) is 20.6. The zero-order valence-corrected chi connectivity index (χ0v) is 17.3. The predicted octanol–water partition coefficient (Wildman–Crippen LogP) is 4.74. The van der Waals surface area contributed by atoms with Crippen LogP contribution in [0.2, 0.25) is 0 Å². The van der Waals surface area contributed by atoms with Crippen molar-refractivity contribution in [3.8, 4) is 17.9 Å². The Hall–Kier alpha value is -2.37. The normalized spacial score (nSPS) is 20.1. The summed E-state index contributed by atoms with van der Waals surface area (Å²) in [5.41, 5.74) is -1.02. The summed E-state index contributed by atoms with van der Waals surface area (Å²) < 4.78 is 6.49. The number of hydrogen-bond acceptors (Lipinski definition) is 5. The lowest BCUT2D eigenvalue weighted by Gasteiger charge is -2.51. The molecular weight excluding hydrogens is 350 g/mol. The van der Waals surface area contributed by atoms with Gasteiger partial charge in [-0.1, -0.05) is 26.0 Å². The van der Waals surface area contributed by atoms with Crippen LogP contribution >= 0.6 is 0 Å². The molecule has 1 aromatic carbocycles. The molecule has 1 aliphatic heterocycles. The van der Waals surface area contributed by atoms with Gasteiger partial charge in [-0.05, 0) is 64.4 Å². The summed E-state index contributed by atoms with van der Waals surface area (Å²) in [6, 6.07) is 11.7. The second kappa shape index (κ2) is 9.71. The fourth-order valence-corrected chi connectivity index (χ4v) is 4.47. The van der Waals surface area contributed by atoms with Crippen molar-refractivity contribution in [3.05, 3.63) is 29.8 Å². The van der Waals surface area contributed by atoms with E-state index in [0.717, 1.165) is 26.1 Å². The Bertz CT molecular complexity index is 740. The molecule has 0 amide bonds. The van der Waals surface area contributed by atoms with Crippen LogP contribution in [0.4, 0.5) is 0 Å². The molecule has 0 aromatic heterocycles. The molecule has 1 atom stereocenters. The number of hydrogen-bond donors (Lipinski definition) is 0. The predicted molar refractivity (Wildman–Crippen MR) is 109 cm³/mol. The highest BCUT2D eigenvalue weighted by molar-refractivity contribution is 6.04. The number of benzene rings is 1.